The third kappa shape index (κ3) is 3.22. The molecule has 3 heteroatoms. The first-order chi connectivity index (χ1) is 8.72. The molecule has 0 fully saturated rings. The monoisotopic (exact) mass is 323 g/mol. The Balaban J connectivity index is 2.22. The van der Waals surface area contributed by atoms with Crippen LogP contribution in [0.3, 0.4) is 0 Å². The van der Waals surface area contributed by atoms with Gasteiger partial charge in [-0.25, -0.2) is 0 Å². The van der Waals surface area contributed by atoms with Crippen molar-refractivity contribution < 1.29 is 0 Å². The average molecular weight is 324 g/mol. The van der Waals surface area contributed by atoms with Crippen molar-refractivity contribution in [3.63, 3.8) is 0 Å². The SMILES string of the molecule is CCCNC(C)c1cccc(-c2cscc2Br)c1. The van der Waals surface area contributed by atoms with Gasteiger partial charge in [-0.2, -0.15) is 11.3 Å². The van der Waals surface area contributed by atoms with Crippen molar-refractivity contribution in [2.75, 3.05) is 6.54 Å². The molecule has 18 heavy (non-hydrogen) atoms. The van der Waals surface area contributed by atoms with Crippen molar-refractivity contribution in [1.82, 2.24) is 5.32 Å². The molecule has 0 spiro atoms. The van der Waals surface area contributed by atoms with E-state index in [0.29, 0.717) is 6.04 Å². The van der Waals surface area contributed by atoms with Crippen LogP contribution in [0.5, 0.6) is 0 Å². The molecule has 96 valence electrons. The van der Waals surface area contributed by atoms with E-state index in [0.717, 1.165) is 6.54 Å². The zero-order chi connectivity index (χ0) is 13.0. The van der Waals surface area contributed by atoms with Gasteiger partial charge in [0, 0.05) is 21.5 Å². The van der Waals surface area contributed by atoms with Crippen LogP contribution in [-0.4, -0.2) is 6.54 Å². The van der Waals surface area contributed by atoms with Gasteiger partial charge in [-0.1, -0.05) is 25.1 Å². The summed E-state index contributed by atoms with van der Waals surface area (Å²) in [6.07, 6.45) is 1.17. The summed E-state index contributed by atoms with van der Waals surface area (Å²) in [6, 6.07) is 9.18. The van der Waals surface area contributed by atoms with Gasteiger partial charge in [-0.05, 0) is 58.4 Å². The highest BCUT2D eigenvalue weighted by Crippen LogP contribution is 2.32. The lowest BCUT2D eigenvalue weighted by Gasteiger charge is -2.14. The fourth-order valence-electron chi connectivity index (χ4n) is 1.94. The summed E-state index contributed by atoms with van der Waals surface area (Å²) in [6.45, 7) is 5.48. The second-order valence-electron chi connectivity index (χ2n) is 4.43. The van der Waals surface area contributed by atoms with Gasteiger partial charge in [0.15, 0.2) is 0 Å². The fourth-order valence-corrected chi connectivity index (χ4v) is 3.47. The molecule has 0 amide bonds. The number of benzene rings is 1. The minimum absolute atomic E-state index is 0.405. The smallest absolute Gasteiger partial charge is 0.0360 e. The van der Waals surface area contributed by atoms with Gasteiger partial charge in [0.2, 0.25) is 0 Å². The van der Waals surface area contributed by atoms with Crippen LogP contribution in [0, 0.1) is 0 Å². The number of hydrogen-bond donors (Lipinski definition) is 1. The van der Waals surface area contributed by atoms with Crippen molar-refractivity contribution in [1.29, 1.82) is 0 Å². The Morgan fingerprint density at radius 1 is 1.33 bits per heavy atom. The normalized spacial score (nSPS) is 12.6. The van der Waals surface area contributed by atoms with Crippen LogP contribution < -0.4 is 5.32 Å². The minimum atomic E-state index is 0.405. The van der Waals surface area contributed by atoms with E-state index in [-0.39, 0.29) is 0 Å². The predicted molar refractivity (Wildman–Crippen MR) is 84.2 cm³/mol. The summed E-state index contributed by atoms with van der Waals surface area (Å²) in [7, 11) is 0. The molecule has 2 aromatic rings. The summed E-state index contributed by atoms with van der Waals surface area (Å²) in [4.78, 5) is 0. The molecule has 1 atom stereocenters. The maximum Gasteiger partial charge on any atom is 0.0360 e. The third-order valence-electron chi connectivity index (χ3n) is 3.01. The van der Waals surface area contributed by atoms with Gasteiger partial charge in [0.05, 0.1) is 0 Å². The van der Waals surface area contributed by atoms with Crippen molar-refractivity contribution in [3.05, 3.63) is 45.1 Å². The van der Waals surface area contributed by atoms with E-state index in [9.17, 15) is 0 Å². The number of thiophene rings is 1. The molecule has 2 rings (SSSR count). The quantitative estimate of drug-likeness (QED) is 0.793. The van der Waals surface area contributed by atoms with Crippen molar-refractivity contribution in [3.8, 4) is 11.1 Å². The van der Waals surface area contributed by atoms with Crippen LogP contribution in [-0.2, 0) is 0 Å². The molecule has 0 aliphatic carbocycles. The summed E-state index contributed by atoms with van der Waals surface area (Å²) in [5.41, 5.74) is 3.91. The predicted octanol–water partition coefficient (Wildman–Crippen LogP) is 5.24. The van der Waals surface area contributed by atoms with E-state index < -0.39 is 0 Å². The van der Waals surface area contributed by atoms with E-state index in [1.807, 2.05) is 0 Å². The average Bonchev–Trinajstić information content (AvgIpc) is 2.82. The summed E-state index contributed by atoms with van der Waals surface area (Å²) < 4.78 is 1.18. The molecule has 1 N–H and O–H groups in total. The molecule has 1 aromatic carbocycles. The lowest BCUT2D eigenvalue weighted by molar-refractivity contribution is 0.571. The first kappa shape index (κ1) is 13.8. The lowest BCUT2D eigenvalue weighted by atomic mass is 10.0. The Bertz CT molecular complexity index is 507. The van der Waals surface area contributed by atoms with Gasteiger partial charge >= 0.3 is 0 Å². The van der Waals surface area contributed by atoms with Crippen LogP contribution in [0.2, 0.25) is 0 Å². The summed E-state index contributed by atoms with van der Waals surface area (Å²) in [5.74, 6) is 0. The Labute approximate surface area is 121 Å². The van der Waals surface area contributed by atoms with Crippen molar-refractivity contribution in [2.45, 2.75) is 26.3 Å². The highest BCUT2D eigenvalue weighted by molar-refractivity contribution is 9.10. The summed E-state index contributed by atoms with van der Waals surface area (Å²) in [5, 5.41) is 7.84. The molecule has 1 aromatic heterocycles. The van der Waals surface area contributed by atoms with Crippen LogP contribution in [0.15, 0.2) is 39.5 Å². The first-order valence-corrected chi connectivity index (χ1v) is 8.01. The standard InChI is InChI=1S/C15H18BrNS/c1-3-7-17-11(2)12-5-4-6-13(8-12)14-9-18-10-15(14)16/h4-6,8-11,17H,3,7H2,1-2H3. The summed E-state index contributed by atoms with van der Waals surface area (Å²) >= 11 is 5.33. The van der Waals surface area contributed by atoms with Gasteiger partial charge in [0.1, 0.15) is 0 Å². The maximum absolute atomic E-state index is 3.60. The minimum Gasteiger partial charge on any atom is -0.310 e. The van der Waals surface area contributed by atoms with Crippen molar-refractivity contribution >= 4 is 27.3 Å². The lowest BCUT2D eigenvalue weighted by Crippen LogP contribution is -2.19. The number of nitrogens with one attached hydrogen (secondary N) is 1. The number of hydrogen-bond acceptors (Lipinski definition) is 2. The number of halogens is 1. The molecule has 1 unspecified atom stereocenters. The van der Waals surface area contributed by atoms with Gasteiger partial charge in [0.25, 0.3) is 0 Å². The first-order valence-electron chi connectivity index (χ1n) is 6.27. The Kier molecular flexibility index (Phi) is 4.98. The fraction of sp³-hybridized carbons (Fsp3) is 0.333. The molecule has 0 saturated carbocycles. The molecule has 0 radical (unpaired) electrons. The van der Waals surface area contributed by atoms with Crippen LogP contribution in [0.25, 0.3) is 11.1 Å². The largest absolute Gasteiger partial charge is 0.310 e. The van der Waals surface area contributed by atoms with E-state index in [2.05, 4.69) is 70.1 Å². The zero-order valence-electron chi connectivity index (χ0n) is 10.7. The van der Waals surface area contributed by atoms with E-state index in [4.69, 9.17) is 0 Å². The maximum atomic E-state index is 3.60. The Morgan fingerprint density at radius 3 is 2.83 bits per heavy atom. The second kappa shape index (κ2) is 6.50. The second-order valence-corrected chi connectivity index (χ2v) is 6.03. The zero-order valence-corrected chi connectivity index (χ0v) is 13.1. The third-order valence-corrected chi connectivity index (χ3v) is 4.72. The van der Waals surface area contributed by atoms with Crippen LogP contribution in [0.4, 0.5) is 0 Å². The van der Waals surface area contributed by atoms with Gasteiger partial charge < -0.3 is 5.32 Å². The molecule has 1 heterocycles. The number of rotatable bonds is 5. The highest BCUT2D eigenvalue weighted by Gasteiger charge is 2.08. The molecular weight excluding hydrogens is 306 g/mol. The Morgan fingerprint density at radius 2 is 2.17 bits per heavy atom. The van der Waals surface area contributed by atoms with Crippen LogP contribution in [0.1, 0.15) is 31.9 Å². The molecule has 0 bridgehead atoms. The molecule has 0 aliphatic heterocycles. The van der Waals surface area contributed by atoms with Crippen LogP contribution >= 0.6 is 27.3 Å². The van der Waals surface area contributed by atoms with Gasteiger partial charge in [-0.15, -0.1) is 0 Å². The van der Waals surface area contributed by atoms with Crippen molar-refractivity contribution in [2.24, 2.45) is 0 Å². The van der Waals surface area contributed by atoms with E-state index >= 15 is 0 Å². The Hall–Kier alpha value is -0.640. The van der Waals surface area contributed by atoms with E-state index in [1.165, 1.54) is 27.6 Å². The van der Waals surface area contributed by atoms with Gasteiger partial charge in [-0.3, -0.25) is 0 Å². The molecular formula is C15H18BrNS. The van der Waals surface area contributed by atoms with E-state index in [1.54, 1.807) is 11.3 Å². The topological polar surface area (TPSA) is 12.0 Å². The molecule has 0 saturated heterocycles. The molecule has 1 nitrogen and oxygen atoms in total. The molecule has 0 aliphatic rings. The highest BCUT2D eigenvalue weighted by atomic mass is 79.9.